The predicted octanol–water partition coefficient (Wildman–Crippen LogP) is 0.723. The number of likely N-dealkylation sites (N-methyl/N-ethyl adjacent to an activating group) is 1. The third-order valence-corrected chi connectivity index (χ3v) is 8.21. The second kappa shape index (κ2) is 8.92. The van der Waals surface area contributed by atoms with Crippen molar-refractivity contribution >= 4 is 21.5 Å². The van der Waals surface area contributed by atoms with E-state index in [0.717, 1.165) is 43.7 Å². The standard InChI is InChI=1S/C23H30N6O3S/c1-3-16-10-21(20-6-8-24-23(20)26-11-16)29-9-7-18(13-29)28(2)22-5-4-19(12-25-22)33(30,31)27-17-14-32-15-17/h4-6,8,11-12,17-18,27H,3,7,9-10,13-15H2,1-2H3,(H,24,26). The van der Waals surface area contributed by atoms with Gasteiger partial charge in [0.15, 0.2) is 0 Å². The minimum Gasteiger partial charge on any atom is -0.378 e. The lowest BCUT2D eigenvalue weighted by Crippen LogP contribution is -2.48. The highest BCUT2D eigenvalue weighted by atomic mass is 32.2. The van der Waals surface area contributed by atoms with Crippen molar-refractivity contribution in [3.05, 3.63) is 53.1 Å². The molecule has 2 N–H and O–H groups in total. The monoisotopic (exact) mass is 470 g/mol. The topological polar surface area (TPSA) is 103 Å². The van der Waals surface area contributed by atoms with Gasteiger partial charge in [-0.15, -0.1) is 0 Å². The molecular weight excluding hydrogens is 440 g/mol. The van der Waals surface area contributed by atoms with Crippen LogP contribution in [-0.4, -0.2) is 68.7 Å². The van der Waals surface area contributed by atoms with Crippen LogP contribution in [-0.2, 0) is 14.8 Å². The van der Waals surface area contributed by atoms with Gasteiger partial charge in [-0.1, -0.05) is 6.92 Å². The Balaban J connectivity index is 1.30. The van der Waals surface area contributed by atoms with Crippen molar-refractivity contribution in [1.29, 1.82) is 0 Å². The molecule has 0 saturated carbocycles. The van der Waals surface area contributed by atoms with E-state index in [0.29, 0.717) is 13.2 Å². The number of fused-ring (bicyclic) bond motifs is 1. The molecule has 0 spiro atoms. The highest BCUT2D eigenvalue weighted by Crippen LogP contribution is 2.27. The zero-order chi connectivity index (χ0) is 23.0. The number of rotatable bonds is 7. The zero-order valence-corrected chi connectivity index (χ0v) is 19.8. The summed E-state index contributed by atoms with van der Waals surface area (Å²) in [5.74, 6) is 0.769. The highest BCUT2D eigenvalue weighted by molar-refractivity contribution is 7.89. The van der Waals surface area contributed by atoms with Gasteiger partial charge < -0.3 is 19.5 Å². The molecule has 1 atom stereocenters. The van der Waals surface area contributed by atoms with Crippen molar-refractivity contribution < 1.29 is 13.2 Å². The summed E-state index contributed by atoms with van der Waals surface area (Å²) < 4.78 is 32.7. The van der Waals surface area contributed by atoms with Crippen LogP contribution in [0, 0.1) is 0 Å². The van der Waals surface area contributed by atoms with Gasteiger partial charge in [-0.3, -0.25) is 0 Å². The first-order chi connectivity index (χ1) is 15.9. The lowest BCUT2D eigenvalue weighted by molar-refractivity contribution is 0.00482. The van der Waals surface area contributed by atoms with E-state index >= 15 is 0 Å². The van der Waals surface area contributed by atoms with E-state index < -0.39 is 10.0 Å². The fourth-order valence-electron chi connectivity index (χ4n) is 4.53. The number of likely N-dealkylation sites (tertiary alicyclic amines) is 1. The minimum atomic E-state index is -3.58. The normalized spacial score (nSPS) is 21.2. The van der Waals surface area contributed by atoms with Gasteiger partial charge in [0.2, 0.25) is 10.0 Å². The number of nitrogens with zero attached hydrogens (tertiary/aromatic N) is 4. The van der Waals surface area contributed by atoms with Crippen LogP contribution in [0.4, 0.5) is 5.82 Å². The Hall–Kier alpha value is -2.69. The second-order valence-corrected chi connectivity index (χ2v) is 10.6. The molecule has 0 bridgehead atoms. The summed E-state index contributed by atoms with van der Waals surface area (Å²) in [6.45, 7) is 4.85. The lowest BCUT2D eigenvalue weighted by atomic mass is 10.1. The van der Waals surface area contributed by atoms with Crippen molar-refractivity contribution in [3.8, 4) is 0 Å². The smallest absolute Gasteiger partial charge is 0.242 e. The molecule has 0 amide bonds. The Morgan fingerprint density at radius 3 is 2.85 bits per heavy atom. The van der Waals surface area contributed by atoms with Crippen LogP contribution in [0.2, 0.25) is 0 Å². The maximum Gasteiger partial charge on any atom is 0.242 e. The number of ether oxygens (including phenoxy) is 1. The summed E-state index contributed by atoms with van der Waals surface area (Å²) in [5, 5.41) is 1.18. The van der Waals surface area contributed by atoms with Crippen molar-refractivity contribution in [3.63, 3.8) is 0 Å². The van der Waals surface area contributed by atoms with Crippen LogP contribution in [0.15, 0.2) is 52.3 Å². The van der Waals surface area contributed by atoms with E-state index in [2.05, 4.69) is 42.5 Å². The molecule has 1 unspecified atom stereocenters. The molecule has 0 aliphatic carbocycles. The molecule has 2 aromatic heterocycles. The molecule has 5 rings (SSSR count). The van der Waals surface area contributed by atoms with E-state index in [1.165, 1.54) is 22.7 Å². The molecule has 33 heavy (non-hydrogen) atoms. The van der Waals surface area contributed by atoms with Gasteiger partial charge in [0.25, 0.3) is 0 Å². The van der Waals surface area contributed by atoms with Gasteiger partial charge in [-0.25, -0.2) is 23.1 Å². The molecule has 3 aliphatic heterocycles. The van der Waals surface area contributed by atoms with Crippen LogP contribution in [0.1, 0.15) is 26.2 Å². The molecule has 2 saturated heterocycles. The number of anilines is 1. The van der Waals surface area contributed by atoms with Crippen LogP contribution < -0.4 is 20.3 Å². The summed E-state index contributed by atoms with van der Waals surface area (Å²) in [6, 6.07) is 5.66. The molecule has 3 aliphatic rings. The quantitative estimate of drug-likeness (QED) is 0.618. The van der Waals surface area contributed by atoms with E-state index in [1.807, 2.05) is 19.4 Å². The number of hydrogen-bond acceptors (Lipinski definition) is 7. The average Bonchev–Trinajstić information content (AvgIpc) is 3.43. The second-order valence-electron chi connectivity index (χ2n) is 8.84. The lowest BCUT2D eigenvalue weighted by Gasteiger charge is -2.28. The molecular formula is C23H30N6O3S. The Labute approximate surface area is 193 Å². The summed E-state index contributed by atoms with van der Waals surface area (Å²) >= 11 is 0. The summed E-state index contributed by atoms with van der Waals surface area (Å²) in [5.41, 5.74) is 3.56. The number of H-pyrrole nitrogens is 1. The highest BCUT2D eigenvalue weighted by Gasteiger charge is 2.30. The Bertz CT molecular complexity index is 1260. The Morgan fingerprint density at radius 1 is 1.30 bits per heavy atom. The molecule has 0 radical (unpaired) electrons. The van der Waals surface area contributed by atoms with Gasteiger partial charge >= 0.3 is 0 Å². The number of nitrogens with one attached hydrogen (secondary N) is 2. The van der Waals surface area contributed by atoms with Gasteiger partial charge in [-0.05, 0) is 36.6 Å². The maximum atomic E-state index is 12.5. The summed E-state index contributed by atoms with van der Waals surface area (Å²) in [7, 11) is -1.55. The average molecular weight is 471 g/mol. The number of aromatic amines is 1. The largest absolute Gasteiger partial charge is 0.378 e. The Morgan fingerprint density at radius 2 is 2.15 bits per heavy atom. The number of sulfonamides is 1. The number of hydrogen-bond donors (Lipinski definition) is 2. The van der Waals surface area contributed by atoms with Gasteiger partial charge in [0, 0.05) is 62.1 Å². The van der Waals surface area contributed by atoms with Crippen molar-refractivity contribution in [2.45, 2.75) is 43.2 Å². The molecule has 9 nitrogen and oxygen atoms in total. The maximum absolute atomic E-state index is 12.5. The number of aromatic nitrogens is 2. The molecule has 5 heterocycles. The molecule has 2 aromatic rings. The van der Waals surface area contributed by atoms with Crippen molar-refractivity contribution in [2.24, 2.45) is 4.99 Å². The van der Waals surface area contributed by atoms with Crippen molar-refractivity contribution in [2.75, 3.05) is 38.3 Å². The molecule has 176 valence electrons. The Kier molecular flexibility index (Phi) is 5.98. The van der Waals surface area contributed by atoms with Gasteiger partial charge in [0.1, 0.15) is 16.2 Å². The summed E-state index contributed by atoms with van der Waals surface area (Å²) in [4.78, 5) is 17.1. The third-order valence-electron chi connectivity index (χ3n) is 6.71. The zero-order valence-electron chi connectivity index (χ0n) is 19.0. The predicted molar refractivity (Wildman–Crippen MR) is 126 cm³/mol. The molecule has 10 heteroatoms. The fourth-order valence-corrected chi connectivity index (χ4v) is 5.68. The van der Waals surface area contributed by atoms with Gasteiger partial charge in [0.05, 0.1) is 19.3 Å². The van der Waals surface area contributed by atoms with Crippen molar-refractivity contribution in [1.82, 2.24) is 19.6 Å². The van der Waals surface area contributed by atoms with Gasteiger partial charge in [-0.2, -0.15) is 0 Å². The SMILES string of the molecule is CCC1=CN=c2[nH]ccc2=C(N2CCC(N(C)c3ccc(S(=O)(=O)NC4COC4)cn3)C2)C1. The van der Waals surface area contributed by atoms with Crippen LogP contribution in [0.3, 0.4) is 0 Å². The van der Waals surface area contributed by atoms with E-state index in [9.17, 15) is 8.42 Å². The molecule has 0 aromatic carbocycles. The number of pyridine rings is 1. The van der Waals surface area contributed by atoms with Crippen LogP contribution in [0.25, 0.3) is 5.70 Å². The van der Waals surface area contributed by atoms with E-state index in [1.54, 1.807) is 12.1 Å². The molecule has 2 fully saturated rings. The third kappa shape index (κ3) is 4.42. The fraction of sp³-hybridized carbons (Fsp3) is 0.478. The van der Waals surface area contributed by atoms with E-state index in [-0.39, 0.29) is 17.0 Å². The van der Waals surface area contributed by atoms with Crippen LogP contribution in [0.5, 0.6) is 0 Å². The first-order valence-electron chi connectivity index (χ1n) is 11.4. The minimum absolute atomic E-state index is 0.153. The van der Waals surface area contributed by atoms with Crippen LogP contribution >= 0.6 is 0 Å². The first kappa shape index (κ1) is 22.1. The summed E-state index contributed by atoms with van der Waals surface area (Å²) in [6.07, 6.45) is 8.28. The first-order valence-corrected chi connectivity index (χ1v) is 12.9. The van der Waals surface area contributed by atoms with E-state index in [4.69, 9.17) is 4.74 Å².